The van der Waals surface area contributed by atoms with E-state index in [2.05, 4.69) is 71.1 Å². The molecule has 7 heteroatoms. The van der Waals surface area contributed by atoms with Crippen molar-refractivity contribution >= 4 is 19.0 Å². The average Bonchev–Trinajstić information content (AvgIpc) is 3.24. The highest BCUT2D eigenvalue weighted by molar-refractivity contribution is 6.04. The molecule has 0 aliphatic rings. The SMILES string of the molecule is BN(Cc1nc(-c2cccc(C)n2)c(-c2ccc3nccnc3c2)[nH]1)Cc1ccccc1C. The molecule has 6 nitrogen and oxygen atoms in total. The molecule has 0 aliphatic carbocycles. The van der Waals surface area contributed by atoms with E-state index in [1.807, 2.05) is 31.2 Å². The van der Waals surface area contributed by atoms with Crippen molar-refractivity contribution in [1.82, 2.24) is 29.7 Å². The van der Waals surface area contributed by atoms with Crippen LogP contribution in [0.25, 0.3) is 33.7 Å². The van der Waals surface area contributed by atoms with E-state index < -0.39 is 0 Å². The summed E-state index contributed by atoms with van der Waals surface area (Å²) in [6.07, 6.45) is 3.43. The quantitative estimate of drug-likeness (QED) is 0.407. The number of aromatic amines is 1. The Morgan fingerprint density at radius 2 is 1.67 bits per heavy atom. The van der Waals surface area contributed by atoms with Gasteiger partial charge in [0.2, 0.25) is 0 Å². The van der Waals surface area contributed by atoms with E-state index in [1.54, 1.807) is 12.4 Å². The topological polar surface area (TPSA) is 70.6 Å². The Kier molecular flexibility index (Phi) is 5.71. The first-order valence-electron chi connectivity index (χ1n) is 11.0. The van der Waals surface area contributed by atoms with E-state index in [1.165, 1.54) is 11.1 Å². The van der Waals surface area contributed by atoms with Gasteiger partial charge in [0, 0.05) is 36.7 Å². The third kappa shape index (κ3) is 4.54. The van der Waals surface area contributed by atoms with Gasteiger partial charge in [-0.25, -0.2) is 4.98 Å². The summed E-state index contributed by atoms with van der Waals surface area (Å²) in [6, 6.07) is 20.6. The fraction of sp³-hybridized carbons (Fsp3) is 0.154. The molecule has 33 heavy (non-hydrogen) atoms. The molecule has 162 valence electrons. The Morgan fingerprint density at radius 1 is 0.848 bits per heavy atom. The zero-order valence-electron chi connectivity index (χ0n) is 19.1. The molecule has 0 radical (unpaired) electrons. The Labute approximate surface area is 194 Å². The molecule has 0 saturated heterocycles. The number of aromatic nitrogens is 5. The second kappa shape index (κ2) is 8.96. The fourth-order valence-electron chi connectivity index (χ4n) is 4.07. The maximum atomic E-state index is 4.99. The minimum atomic E-state index is 0.695. The second-order valence-electron chi connectivity index (χ2n) is 8.43. The lowest BCUT2D eigenvalue weighted by Crippen LogP contribution is -2.20. The number of hydrogen-bond acceptors (Lipinski definition) is 5. The lowest BCUT2D eigenvalue weighted by molar-refractivity contribution is 0.431. The molecule has 5 rings (SSSR count). The predicted molar refractivity (Wildman–Crippen MR) is 134 cm³/mol. The van der Waals surface area contributed by atoms with Crippen molar-refractivity contribution in [2.45, 2.75) is 26.9 Å². The first-order valence-corrected chi connectivity index (χ1v) is 11.0. The molecule has 0 amide bonds. The Hall–Kier alpha value is -3.84. The van der Waals surface area contributed by atoms with Crippen LogP contribution in [0, 0.1) is 13.8 Å². The van der Waals surface area contributed by atoms with Gasteiger partial charge >= 0.3 is 0 Å². The van der Waals surface area contributed by atoms with Gasteiger partial charge in [0.25, 0.3) is 0 Å². The largest absolute Gasteiger partial charge is 0.340 e. The van der Waals surface area contributed by atoms with Crippen LogP contribution in [0.4, 0.5) is 0 Å². The van der Waals surface area contributed by atoms with E-state index in [0.29, 0.717) is 6.54 Å². The summed E-state index contributed by atoms with van der Waals surface area (Å²) in [5, 5.41) is 0. The van der Waals surface area contributed by atoms with Gasteiger partial charge in [-0.3, -0.25) is 15.0 Å². The zero-order valence-corrected chi connectivity index (χ0v) is 19.1. The Balaban J connectivity index is 1.52. The zero-order chi connectivity index (χ0) is 22.8. The third-order valence-corrected chi connectivity index (χ3v) is 5.76. The van der Waals surface area contributed by atoms with Crippen LogP contribution in [-0.2, 0) is 13.1 Å². The molecule has 0 aliphatic heterocycles. The highest BCUT2D eigenvalue weighted by Crippen LogP contribution is 2.31. The number of aryl methyl sites for hydroxylation is 2. The van der Waals surface area contributed by atoms with Crippen molar-refractivity contribution in [2.75, 3.05) is 0 Å². The summed E-state index contributed by atoms with van der Waals surface area (Å²) < 4.78 is 0. The van der Waals surface area contributed by atoms with Crippen LogP contribution in [0.2, 0.25) is 0 Å². The van der Waals surface area contributed by atoms with Crippen LogP contribution in [0.5, 0.6) is 0 Å². The van der Waals surface area contributed by atoms with Gasteiger partial charge in [0.15, 0.2) is 7.98 Å². The van der Waals surface area contributed by atoms with Crippen LogP contribution in [0.15, 0.2) is 73.1 Å². The normalized spacial score (nSPS) is 11.4. The van der Waals surface area contributed by atoms with Gasteiger partial charge < -0.3 is 9.79 Å². The smallest absolute Gasteiger partial charge is 0.186 e. The first-order chi connectivity index (χ1) is 16.1. The second-order valence-corrected chi connectivity index (χ2v) is 8.43. The van der Waals surface area contributed by atoms with Crippen LogP contribution in [0.3, 0.4) is 0 Å². The molecule has 0 saturated carbocycles. The molecule has 5 aromatic rings. The summed E-state index contributed by atoms with van der Waals surface area (Å²) in [5.74, 6) is 0.902. The van der Waals surface area contributed by atoms with Gasteiger partial charge in [0.1, 0.15) is 11.5 Å². The Bertz CT molecular complexity index is 1430. The molecule has 0 atom stereocenters. The third-order valence-electron chi connectivity index (χ3n) is 5.76. The number of rotatable bonds is 6. The minimum Gasteiger partial charge on any atom is -0.340 e. The van der Waals surface area contributed by atoms with Gasteiger partial charge in [-0.1, -0.05) is 36.4 Å². The predicted octanol–water partition coefficient (Wildman–Crippen LogP) is 4.25. The monoisotopic (exact) mass is 432 g/mol. The van der Waals surface area contributed by atoms with E-state index in [-0.39, 0.29) is 0 Å². The molecule has 0 fully saturated rings. The molecule has 1 N–H and O–H groups in total. The number of pyridine rings is 1. The Morgan fingerprint density at radius 3 is 2.48 bits per heavy atom. The van der Waals surface area contributed by atoms with E-state index >= 15 is 0 Å². The van der Waals surface area contributed by atoms with Crippen molar-refractivity contribution < 1.29 is 0 Å². The number of nitrogens with one attached hydrogen (secondary N) is 1. The van der Waals surface area contributed by atoms with Crippen molar-refractivity contribution in [3.63, 3.8) is 0 Å². The molecule has 0 bridgehead atoms. The van der Waals surface area contributed by atoms with Crippen molar-refractivity contribution in [1.29, 1.82) is 0 Å². The number of nitrogens with zero attached hydrogens (tertiary/aromatic N) is 5. The van der Waals surface area contributed by atoms with Crippen LogP contribution >= 0.6 is 0 Å². The lowest BCUT2D eigenvalue weighted by Gasteiger charge is -2.17. The number of fused-ring (bicyclic) bond motifs is 1. The minimum absolute atomic E-state index is 0.695. The van der Waals surface area contributed by atoms with Crippen molar-refractivity contribution in [3.05, 3.63) is 95.7 Å². The molecular formula is C26H25BN6. The molecule has 3 heterocycles. The fourth-order valence-corrected chi connectivity index (χ4v) is 4.07. The number of imidazole rings is 1. The summed E-state index contributed by atoms with van der Waals surface area (Å²) >= 11 is 0. The summed E-state index contributed by atoms with van der Waals surface area (Å²) in [7, 11) is 2.12. The van der Waals surface area contributed by atoms with Crippen LogP contribution in [0.1, 0.15) is 22.6 Å². The van der Waals surface area contributed by atoms with Crippen molar-refractivity contribution in [3.8, 4) is 22.6 Å². The van der Waals surface area contributed by atoms with Gasteiger partial charge in [-0.2, -0.15) is 0 Å². The summed E-state index contributed by atoms with van der Waals surface area (Å²) in [4.78, 5) is 24.4. The van der Waals surface area contributed by atoms with Crippen LogP contribution < -0.4 is 0 Å². The lowest BCUT2D eigenvalue weighted by atomic mass is 10.1. The van der Waals surface area contributed by atoms with Crippen LogP contribution in [-0.4, -0.2) is 37.7 Å². The highest BCUT2D eigenvalue weighted by Gasteiger charge is 2.17. The molecular weight excluding hydrogens is 407 g/mol. The number of benzene rings is 2. The van der Waals surface area contributed by atoms with Gasteiger partial charge in [-0.05, 0) is 49.2 Å². The summed E-state index contributed by atoms with van der Waals surface area (Å²) in [5.41, 5.74) is 8.96. The van der Waals surface area contributed by atoms with E-state index in [0.717, 1.165) is 51.7 Å². The maximum Gasteiger partial charge on any atom is 0.186 e. The van der Waals surface area contributed by atoms with Gasteiger partial charge in [0.05, 0.1) is 22.4 Å². The van der Waals surface area contributed by atoms with Gasteiger partial charge in [-0.15, -0.1) is 0 Å². The van der Waals surface area contributed by atoms with Crippen molar-refractivity contribution in [2.24, 2.45) is 0 Å². The average molecular weight is 432 g/mol. The molecule has 3 aromatic heterocycles. The molecule has 0 spiro atoms. The first kappa shape index (κ1) is 21.0. The highest BCUT2D eigenvalue weighted by atomic mass is 15.1. The maximum absolute atomic E-state index is 4.99. The number of hydrogen-bond donors (Lipinski definition) is 1. The summed E-state index contributed by atoms with van der Waals surface area (Å²) in [6.45, 7) is 5.70. The van der Waals surface area contributed by atoms with E-state index in [4.69, 9.17) is 9.97 Å². The molecule has 0 unspecified atom stereocenters. The standard InChI is InChI=1S/C26H25BN6/c1-17-6-3-4-8-20(17)15-33(27)16-24-31-25(26(32-24)22-9-5-7-18(2)30-22)19-10-11-21-23(14-19)29-13-12-28-21/h3-14H,15-16,27H2,1-2H3,(H,31,32). The van der Waals surface area contributed by atoms with E-state index in [9.17, 15) is 0 Å². The molecule has 2 aromatic carbocycles. The number of H-pyrrole nitrogens is 1.